The van der Waals surface area contributed by atoms with Gasteiger partial charge in [-0.15, -0.1) is 0 Å². The Bertz CT molecular complexity index is 1600. The number of aryl methyl sites for hydroxylation is 2. The fourth-order valence-corrected chi connectivity index (χ4v) is 5.74. The van der Waals surface area contributed by atoms with Crippen molar-refractivity contribution >= 4 is 34.3 Å². The van der Waals surface area contributed by atoms with Crippen LogP contribution in [-0.2, 0) is 6.54 Å². The molecule has 4 heterocycles. The largest absolute Gasteiger partial charge is 0.386 e. The average molecular weight is 576 g/mol. The minimum absolute atomic E-state index is 0.285. The third-order valence-corrected chi connectivity index (χ3v) is 8.15. The van der Waals surface area contributed by atoms with Crippen LogP contribution in [0, 0.1) is 6.92 Å². The molecule has 1 aliphatic heterocycles. The Morgan fingerprint density at radius 1 is 1.05 bits per heavy atom. The monoisotopic (exact) mass is 575 g/mol. The maximum atomic E-state index is 6.57. The van der Waals surface area contributed by atoms with Crippen molar-refractivity contribution in [3.8, 4) is 11.3 Å². The van der Waals surface area contributed by atoms with Crippen LogP contribution in [0.3, 0.4) is 0 Å². The normalized spacial score (nSPS) is 17.9. The lowest BCUT2D eigenvalue weighted by Crippen LogP contribution is -2.26. The van der Waals surface area contributed by atoms with Gasteiger partial charge in [-0.2, -0.15) is 5.10 Å². The summed E-state index contributed by atoms with van der Waals surface area (Å²) in [4.78, 5) is 9.00. The summed E-state index contributed by atoms with van der Waals surface area (Å²) in [5.74, 6) is 1.27. The van der Waals surface area contributed by atoms with Crippen molar-refractivity contribution in [2.45, 2.75) is 84.2 Å². The highest BCUT2D eigenvalue weighted by molar-refractivity contribution is 6.03. The Morgan fingerprint density at radius 2 is 1.81 bits per heavy atom. The van der Waals surface area contributed by atoms with Crippen LogP contribution in [0.2, 0.25) is 0 Å². The van der Waals surface area contributed by atoms with E-state index >= 15 is 0 Å². The van der Waals surface area contributed by atoms with Crippen molar-refractivity contribution in [2.24, 2.45) is 0 Å². The Labute approximate surface area is 256 Å². The molecule has 7 heteroatoms. The van der Waals surface area contributed by atoms with Crippen LogP contribution in [0.5, 0.6) is 0 Å². The van der Waals surface area contributed by atoms with Crippen LogP contribution in [0.25, 0.3) is 33.9 Å². The zero-order valence-electron chi connectivity index (χ0n) is 25.7. The standard InChI is InChI=1S/C36H45N7/c1-25-19-21-38-32(23-25)41-28(4)29-15-17-30(18-16-29)34-33-35-31(24-39-36(33)37)14-12-10-8-6-5-7-9-11-13-26(2)40-27(3)20-22-43(35)42-34/h12,14-19,21,23-24,27,40H,2,4-11,13,20,22H2,1,3H3,(H2,37,39)(H,38,41)/b14-12+/t27-/m1/s1. The number of nitrogens with one attached hydrogen (secondary N) is 2. The van der Waals surface area contributed by atoms with Crippen molar-refractivity contribution in [3.63, 3.8) is 0 Å². The number of allylic oxidation sites excluding steroid dienone is 2. The van der Waals surface area contributed by atoms with Crippen molar-refractivity contribution < 1.29 is 0 Å². The van der Waals surface area contributed by atoms with Gasteiger partial charge in [-0.05, 0) is 69.2 Å². The first-order valence-electron chi connectivity index (χ1n) is 15.6. The summed E-state index contributed by atoms with van der Waals surface area (Å²) in [6, 6.07) is 12.5. The highest BCUT2D eigenvalue weighted by atomic mass is 15.3. The molecule has 5 rings (SSSR count). The zero-order valence-corrected chi connectivity index (χ0v) is 25.7. The molecule has 0 bridgehead atoms. The van der Waals surface area contributed by atoms with Crippen molar-refractivity contribution in [1.29, 1.82) is 0 Å². The topological polar surface area (TPSA) is 93.7 Å². The molecule has 1 atom stereocenters. The molecule has 0 spiro atoms. The molecule has 7 nitrogen and oxygen atoms in total. The Morgan fingerprint density at radius 3 is 2.60 bits per heavy atom. The number of hydrogen-bond donors (Lipinski definition) is 3. The first-order chi connectivity index (χ1) is 20.9. The number of pyridine rings is 2. The molecule has 4 aromatic rings. The predicted octanol–water partition coefficient (Wildman–Crippen LogP) is 8.50. The predicted molar refractivity (Wildman–Crippen MR) is 181 cm³/mol. The summed E-state index contributed by atoms with van der Waals surface area (Å²) in [6.07, 6.45) is 18.7. The fraction of sp³-hybridized carbons (Fsp3) is 0.361. The molecule has 0 fully saturated rings. The van der Waals surface area contributed by atoms with Crippen LogP contribution < -0.4 is 16.4 Å². The van der Waals surface area contributed by atoms with Gasteiger partial charge in [0.15, 0.2) is 0 Å². The highest BCUT2D eigenvalue weighted by Crippen LogP contribution is 2.34. The van der Waals surface area contributed by atoms with Gasteiger partial charge in [0.05, 0.1) is 10.9 Å². The average Bonchev–Trinajstić information content (AvgIpc) is 3.38. The summed E-state index contributed by atoms with van der Waals surface area (Å²) in [5, 5.41) is 13.0. The van der Waals surface area contributed by atoms with E-state index in [-0.39, 0.29) is 6.04 Å². The lowest BCUT2D eigenvalue weighted by Gasteiger charge is -2.18. The van der Waals surface area contributed by atoms with Gasteiger partial charge in [-0.25, -0.2) is 9.97 Å². The minimum atomic E-state index is 0.285. The Kier molecular flexibility index (Phi) is 9.92. The molecule has 0 unspecified atom stereocenters. The van der Waals surface area contributed by atoms with Crippen LogP contribution >= 0.6 is 0 Å². The third-order valence-electron chi connectivity index (χ3n) is 8.15. The second-order valence-electron chi connectivity index (χ2n) is 11.8. The van der Waals surface area contributed by atoms with E-state index in [0.29, 0.717) is 5.82 Å². The molecule has 224 valence electrons. The van der Waals surface area contributed by atoms with Gasteiger partial charge in [-0.1, -0.05) is 75.3 Å². The lowest BCUT2D eigenvalue weighted by atomic mass is 10.0. The fourth-order valence-electron chi connectivity index (χ4n) is 5.74. The molecule has 0 saturated carbocycles. The summed E-state index contributed by atoms with van der Waals surface area (Å²) < 4.78 is 2.12. The SMILES string of the molecule is C=C1CCCCCCCC/C=C/c2cnc(N)c3c(-c4ccc(C(=C)Nc5cc(C)ccn5)cc4)nn(c23)CC[C@@H](C)N1. The first kappa shape index (κ1) is 30.1. The van der Waals surface area contributed by atoms with Gasteiger partial charge in [0.1, 0.15) is 17.3 Å². The number of nitrogens with two attached hydrogens (primary N) is 1. The van der Waals surface area contributed by atoms with E-state index in [1.165, 1.54) is 38.5 Å². The first-order valence-corrected chi connectivity index (χ1v) is 15.6. The van der Waals surface area contributed by atoms with Gasteiger partial charge in [0, 0.05) is 47.5 Å². The Balaban J connectivity index is 1.46. The van der Waals surface area contributed by atoms with E-state index in [2.05, 4.69) is 81.8 Å². The van der Waals surface area contributed by atoms with Crippen molar-refractivity contribution in [3.05, 3.63) is 90.4 Å². The number of benzene rings is 1. The van der Waals surface area contributed by atoms with Crippen molar-refractivity contribution in [2.75, 3.05) is 11.1 Å². The van der Waals surface area contributed by atoms with Crippen LogP contribution in [0.1, 0.15) is 81.4 Å². The molecule has 0 amide bonds. The molecule has 0 radical (unpaired) electrons. The van der Waals surface area contributed by atoms with Gasteiger partial charge in [0.2, 0.25) is 0 Å². The molecular weight excluding hydrogens is 530 g/mol. The van der Waals surface area contributed by atoms with E-state index < -0.39 is 0 Å². The number of hydrogen-bond acceptors (Lipinski definition) is 6. The molecule has 1 aromatic carbocycles. The van der Waals surface area contributed by atoms with Crippen molar-refractivity contribution in [1.82, 2.24) is 25.1 Å². The minimum Gasteiger partial charge on any atom is -0.386 e. The maximum absolute atomic E-state index is 6.57. The Hall–Kier alpha value is -4.39. The van der Waals surface area contributed by atoms with E-state index in [1.54, 1.807) is 6.20 Å². The van der Waals surface area contributed by atoms with E-state index in [0.717, 1.165) is 81.9 Å². The number of anilines is 2. The number of aromatic nitrogens is 4. The molecule has 1 aliphatic rings. The summed E-state index contributed by atoms with van der Waals surface area (Å²) in [6.45, 7) is 13.5. The summed E-state index contributed by atoms with van der Waals surface area (Å²) >= 11 is 0. The molecule has 0 aliphatic carbocycles. The number of rotatable bonds is 4. The molecule has 4 N–H and O–H groups in total. The van der Waals surface area contributed by atoms with E-state index in [4.69, 9.17) is 10.8 Å². The van der Waals surface area contributed by atoms with Gasteiger partial charge in [0.25, 0.3) is 0 Å². The van der Waals surface area contributed by atoms with Crippen LogP contribution in [0.4, 0.5) is 11.6 Å². The highest BCUT2D eigenvalue weighted by Gasteiger charge is 2.19. The zero-order chi connectivity index (χ0) is 30.2. The number of nitrogen functional groups attached to an aromatic ring is 1. The third kappa shape index (κ3) is 7.72. The summed E-state index contributed by atoms with van der Waals surface area (Å²) in [7, 11) is 0. The van der Waals surface area contributed by atoms with Crippen LogP contribution in [-0.4, -0.2) is 25.8 Å². The van der Waals surface area contributed by atoms with E-state index in [9.17, 15) is 0 Å². The van der Waals surface area contributed by atoms with Gasteiger partial charge in [-0.3, -0.25) is 4.68 Å². The molecule has 0 saturated heterocycles. The maximum Gasteiger partial charge on any atom is 0.135 e. The van der Waals surface area contributed by atoms with E-state index in [1.807, 2.05) is 25.3 Å². The quantitative estimate of drug-likeness (QED) is 0.226. The molecule has 43 heavy (non-hydrogen) atoms. The van der Waals surface area contributed by atoms with Gasteiger partial charge < -0.3 is 16.4 Å². The smallest absolute Gasteiger partial charge is 0.135 e. The molecular formula is C36H45N7. The second-order valence-corrected chi connectivity index (χ2v) is 11.8. The van der Waals surface area contributed by atoms with Gasteiger partial charge >= 0.3 is 0 Å². The molecule has 3 aromatic heterocycles. The number of nitrogens with zero attached hydrogens (tertiary/aromatic N) is 4. The summed E-state index contributed by atoms with van der Waals surface area (Å²) in [5.41, 5.74) is 14.5. The lowest BCUT2D eigenvalue weighted by molar-refractivity contribution is 0.485. The second kappa shape index (κ2) is 14.2. The van der Waals surface area contributed by atoms with Crippen LogP contribution in [0.15, 0.2) is 73.7 Å².